The van der Waals surface area contributed by atoms with Crippen LogP contribution < -0.4 is 4.74 Å². The first-order valence-electron chi connectivity index (χ1n) is 9.67. The maximum atomic E-state index is 13.3. The van der Waals surface area contributed by atoms with Gasteiger partial charge in [-0.3, -0.25) is 14.6 Å². The largest absolute Gasteiger partial charge is 0.507 e. The molecular weight excluding hydrogens is 435 g/mol. The quantitative estimate of drug-likeness (QED) is 0.350. The zero-order chi connectivity index (χ0) is 22.8. The molecule has 0 saturated carbocycles. The molecule has 32 heavy (non-hydrogen) atoms. The first-order chi connectivity index (χ1) is 15.4. The van der Waals surface area contributed by atoms with E-state index >= 15 is 0 Å². The Hall–Kier alpha value is -3.71. The molecule has 1 aromatic heterocycles. The van der Waals surface area contributed by atoms with Crippen LogP contribution in [0.2, 0.25) is 5.02 Å². The van der Waals surface area contributed by atoms with E-state index in [2.05, 4.69) is 4.98 Å². The molecule has 2 aromatic carbocycles. The van der Waals surface area contributed by atoms with Gasteiger partial charge in [0.25, 0.3) is 11.7 Å². The third kappa shape index (κ3) is 3.94. The molecule has 1 fully saturated rings. The van der Waals surface area contributed by atoms with Crippen molar-refractivity contribution in [3.8, 4) is 5.75 Å². The SMILES string of the molecule is COc1ccc(Cl)cc1/C(O)=C1\C(=O)C(=O)N(Cc2ccc(F)cc2)C1c1ccncc1. The number of methoxy groups -OCH3 is 1. The molecule has 0 aliphatic carbocycles. The molecule has 0 bridgehead atoms. The summed E-state index contributed by atoms with van der Waals surface area (Å²) in [6.07, 6.45) is 3.07. The van der Waals surface area contributed by atoms with E-state index < -0.39 is 29.3 Å². The highest BCUT2D eigenvalue weighted by Gasteiger charge is 2.46. The van der Waals surface area contributed by atoms with Gasteiger partial charge in [0.15, 0.2) is 0 Å². The lowest BCUT2D eigenvalue weighted by Crippen LogP contribution is -2.29. The second kappa shape index (κ2) is 8.80. The summed E-state index contributed by atoms with van der Waals surface area (Å²) in [5.74, 6) is -2.13. The van der Waals surface area contributed by atoms with E-state index in [1.165, 1.54) is 54.7 Å². The van der Waals surface area contributed by atoms with Crippen molar-refractivity contribution >= 4 is 29.1 Å². The number of carbonyl (C=O) groups is 2. The molecule has 1 saturated heterocycles. The van der Waals surface area contributed by atoms with Crippen molar-refractivity contribution in [2.45, 2.75) is 12.6 Å². The minimum Gasteiger partial charge on any atom is -0.507 e. The number of aromatic nitrogens is 1. The zero-order valence-electron chi connectivity index (χ0n) is 17.0. The van der Waals surface area contributed by atoms with Crippen LogP contribution >= 0.6 is 11.6 Å². The van der Waals surface area contributed by atoms with Gasteiger partial charge in [0, 0.05) is 24.0 Å². The van der Waals surface area contributed by atoms with E-state index in [0.717, 1.165) is 0 Å². The number of pyridine rings is 1. The summed E-state index contributed by atoms with van der Waals surface area (Å²) in [5.41, 5.74) is 1.32. The molecule has 1 aliphatic heterocycles. The summed E-state index contributed by atoms with van der Waals surface area (Å²) in [7, 11) is 1.42. The molecule has 1 aliphatic rings. The standard InChI is InChI=1S/C24H18ClFN2O4/c1-32-19-7-4-16(25)12-18(19)22(29)20-21(15-8-10-27-11-9-15)28(24(31)23(20)30)13-14-2-5-17(26)6-3-14/h2-12,21,29H,13H2,1H3/b22-20+. The second-order valence-corrected chi connectivity index (χ2v) is 7.62. The second-order valence-electron chi connectivity index (χ2n) is 7.18. The molecule has 0 radical (unpaired) electrons. The van der Waals surface area contributed by atoms with Crippen molar-refractivity contribution in [2.24, 2.45) is 0 Å². The number of likely N-dealkylation sites (tertiary alicyclic amines) is 1. The molecule has 4 rings (SSSR count). The molecule has 0 spiro atoms. The van der Waals surface area contributed by atoms with Crippen molar-refractivity contribution in [3.63, 3.8) is 0 Å². The predicted molar refractivity (Wildman–Crippen MR) is 116 cm³/mol. The number of halogens is 2. The van der Waals surface area contributed by atoms with Gasteiger partial charge in [-0.2, -0.15) is 0 Å². The van der Waals surface area contributed by atoms with Crippen molar-refractivity contribution in [3.05, 3.63) is 100 Å². The van der Waals surface area contributed by atoms with Gasteiger partial charge in [0.1, 0.15) is 17.3 Å². The highest BCUT2D eigenvalue weighted by Crippen LogP contribution is 2.41. The Morgan fingerprint density at radius 2 is 1.81 bits per heavy atom. The Balaban J connectivity index is 1.88. The summed E-state index contributed by atoms with van der Waals surface area (Å²) in [6, 6.07) is 12.7. The number of amides is 1. The number of benzene rings is 2. The number of aliphatic hydroxyl groups is 1. The Bertz CT molecular complexity index is 1210. The Morgan fingerprint density at radius 3 is 2.47 bits per heavy atom. The molecule has 2 heterocycles. The predicted octanol–water partition coefficient (Wildman–Crippen LogP) is 4.50. The normalized spacial score (nSPS) is 17.6. The molecule has 162 valence electrons. The number of aliphatic hydroxyl groups excluding tert-OH is 1. The van der Waals surface area contributed by atoms with Gasteiger partial charge < -0.3 is 14.7 Å². The van der Waals surface area contributed by atoms with Crippen LogP contribution in [0.4, 0.5) is 4.39 Å². The molecule has 1 N–H and O–H groups in total. The van der Waals surface area contributed by atoms with Gasteiger partial charge in [-0.1, -0.05) is 23.7 Å². The average Bonchev–Trinajstić information content (AvgIpc) is 3.05. The minimum absolute atomic E-state index is 0.0430. The van der Waals surface area contributed by atoms with Crippen LogP contribution in [0.15, 0.2) is 72.6 Å². The van der Waals surface area contributed by atoms with Gasteiger partial charge in [-0.25, -0.2) is 4.39 Å². The molecule has 8 heteroatoms. The summed E-state index contributed by atoms with van der Waals surface area (Å²) in [4.78, 5) is 31.4. The summed E-state index contributed by atoms with van der Waals surface area (Å²) >= 11 is 6.10. The molecular formula is C24H18ClFN2O4. The molecule has 6 nitrogen and oxygen atoms in total. The van der Waals surface area contributed by atoms with Crippen LogP contribution in [-0.2, 0) is 16.1 Å². The fourth-order valence-corrected chi connectivity index (χ4v) is 3.90. The number of Topliss-reactive ketones (excluding diaryl/α,β-unsaturated/α-hetero) is 1. The lowest BCUT2D eigenvalue weighted by Gasteiger charge is -2.25. The first kappa shape index (κ1) is 21.5. The van der Waals surface area contributed by atoms with E-state index in [0.29, 0.717) is 21.9 Å². The third-order valence-corrected chi connectivity index (χ3v) is 5.48. The number of rotatable bonds is 5. The molecule has 1 unspecified atom stereocenters. The smallest absolute Gasteiger partial charge is 0.295 e. The Kier molecular flexibility index (Phi) is 5.92. The van der Waals surface area contributed by atoms with Gasteiger partial charge >= 0.3 is 0 Å². The third-order valence-electron chi connectivity index (χ3n) is 5.24. The highest BCUT2D eigenvalue weighted by molar-refractivity contribution is 6.46. The summed E-state index contributed by atoms with van der Waals surface area (Å²) < 4.78 is 18.6. The maximum Gasteiger partial charge on any atom is 0.295 e. The minimum atomic E-state index is -0.883. The monoisotopic (exact) mass is 452 g/mol. The van der Waals surface area contributed by atoms with Crippen LogP contribution in [0, 0.1) is 5.82 Å². The van der Waals surface area contributed by atoms with Crippen molar-refractivity contribution in [1.29, 1.82) is 0 Å². The van der Waals surface area contributed by atoms with Crippen LogP contribution in [-0.4, -0.2) is 33.8 Å². The lowest BCUT2D eigenvalue weighted by molar-refractivity contribution is -0.140. The van der Waals surface area contributed by atoms with E-state index in [4.69, 9.17) is 16.3 Å². The first-order valence-corrected chi connectivity index (χ1v) is 10.0. The van der Waals surface area contributed by atoms with Crippen molar-refractivity contribution in [1.82, 2.24) is 9.88 Å². The number of nitrogens with zero attached hydrogens (tertiary/aromatic N) is 2. The number of hydrogen-bond acceptors (Lipinski definition) is 5. The van der Waals surface area contributed by atoms with Crippen LogP contribution in [0.1, 0.15) is 22.7 Å². The number of hydrogen-bond donors (Lipinski definition) is 1. The van der Waals surface area contributed by atoms with E-state index in [1.54, 1.807) is 24.3 Å². The number of carbonyl (C=O) groups excluding carboxylic acids is 2. The van der Waals surface area contributed by atoms with Crippen LogP contribution in [0.5, 0.6) is 5.75 Å². The fourth-order valence-electron chi connectivity index (χ4n) is 3.73. The molecule has 1 amide bonds. The van der Waals surface area contributed by atoms with E-state index in [9.17, 15) is 19.1 Å². The summed E-state index contributed by atoms with van der Waals surface area (Å²) in [6.45, 7) is 0.0430. The molecule has 1 atom stereocenters. The summed E-state index contributed by atoms with van der Waals surface area (Å²) in [5, 5.41) is 11.5. The van der Waals surface area contributed by atoms with Gasteiger partial charge in [0.2, 0.25) is 0 Å². The van der Waals surface area contributed by atoms with Gasteiger partial charge in [-0.05, 0) is 53.6 Å². The number of ether oxygens (including phenoxy) is 1. The Morgan fingerprint density at radius 1 is 1.12 bits per heavy atom. The Labute approximate surface area is 188 Å². The molecule has 3 aromatic rings. The average molecular weight is 453 g/mol. The highest BCUT2D eigenvalue weighted by atomic mass is 35.5. The van der Waals surface area contributed by atoms with Gasteiger partial charge in [0.05, 0.1) is 24.3 Å². The maximum absolute atomic E-state index is 13.3. The topological polar surface area (TPSA) is 79.7 Å². The van der Waals surface area contributed by atoms with Crippen molar-refractivity contribution < 1.29 is 23.8 Å². The van der Waals surface area contributed by atoms with Crippen molar-refractivity contribution in [2.75, 3.05) is 7.11 Å². The van der Waals surface area contributed by atoms with Crippen LogP contribution in [0.25, 0.3) is 5.76 Å². The van der Waals surface area contributed by atoms with E-state index in [-0.39, 0.29) is 17.7 Å². The lowest BCUT2D eigenvalue weighted by atomic mass is 9.95. The van der Waals surface area contributed by atoms with Gasteiger partial charge in [-0.15, -0.1) is 0 Å². The van der Waals surface area contributed by atoms with Crippen LogP contribution in [0.3, 0.4) is 0 Å². The number of ketones is 1. The fraction of sp³-hybridized carbons (Fsp3) is 0.125. The zero-order valence-corrected chi connectivity index (χ0v) is 17.7. The van der Waals surface area contributed by atoms with E-state index in [1.807, 2.05) is 0 Å².